The minimum atomic E-state index is -1.28. The molecule has 7 aliphatic rings. The summed E-state index contributed by atoms with van der Waals surface area (Å²) in [6.07, 6.45) is 6.61. The summed E-state index contributed by atoms with van der Waals surface area (Å²) in [7, 11) is 0. The number of Topliss-reactive ketones (excluding diaryl/α,β-unsaturated/α-hetero) is 1. The molecule has 2 saturated heterocycles. The van der Waals surface area contributed by atoms with Gasteiger partial charge in [-0.15, -0.1) is 0 Å². The number of rotatable bonds is 7. The Morgan fingerprint density at radius 2 is 1.75 bits per heavy atom. The van der Waals surface area contributed by atoms with Gasteiger partial charge in [0.05, 0.1) is 24.4 Å². The summed E-state index contributed by atoms with van der Waals surface area (Å²) in [5, 5.41) is 11.0. The largest absolute Gasteiger partial charge is 0.457 e. The van der Waals surface area contributed by atoms with Crippen molar-refractivity contribution in [3.63, 3.8) is 0 Å². The van der Waals surface area contributed by atoms with Crippen molar-refractivity contribution in [2.45, 2.75) is 150 Å². The summed E-state index contributed by atoms with van der Waals surface area (Å²) in [6, 6.07) is 10.7. The van der Waals surface area contributed by atoms with Crippen LogP contribution in [0.15, 0.2) is 30.3 Å². The highest BCUT2D eigenvalue weighted by Crippen LogP contribution is 2.89. The van der Waals surface area contributed by atoms with Gasteiger partial charge in [-0.1, -0.05) is 65.0 Å². The van der Waals surface area contributed by atoms with Gasteiger partial charge in [0.25, 0.3) is 0 Å². The van der Waals surface area contributed by atoms with E-state index in [0.717, 1.165) is 45.3 Å². The maximum absolute atomic E-state index is 15.1. The second kappa shape index (κ2) is 12.1. The number of ketones is 1. The highest BCUT2D eigenvalue weighted by atomic mass is 16.7. The fourth-order valence-corrected chi connectivity index (χ4v) is 14.2. The molecular weight excluding hydrogens is 642 g/mol. The van der Waals surface area contributed by atoms with Gasteiger partial charge in [0, 0.05) is 37.9 Å². The van der Waals surface area contributed by atoms with Gasteiger partial charge >= 0.3 is 5.97 Å². The van der Waals surface area contributed by atoms with E-state index in [1.165, 1.54) is 31.7 Å². The van der Waals surface area contributed by atoms with Crippen LogP contribution >= 0.6 is 0 Å². The molecule has 2 aliphatic heterocycles. The normalized spacial score (nSPS) is 46.5. The molecule has 2 spiro atoms. The molecule has 5 unspecified atom stereocenters. The Bertz CT molecular complexity index is 1520. The van der Waals surface area contributed by atoms with Gasteiger partial charge in [-0.05, 0) is 110 Å². The number of carbonyl (C=O) groups excluding carboxylic acids is 2. The molecule has 1 aromatic rings. The van der Waals surface area contributed by atoms with Gasteiger partial charge in [0.2, 0.25) is 0 Å². The van der Waals surface area contributed by atoms with E-state index in [2.05, 4.69) is 69.9 Å². The first-order valence-electron chi connectivity index (χ1n) is 20.1. The Hall–Kier alpha value is -1.84. The van der Waals surface area contributed by atoms with Crippen LogP contribution in [0.25, 0.3) is 0 Å². The smallest absolute Gasteiger partial charge is 0.303 e. The molecule has 7 fully saturated rings. The maximum atomic E-state index is 15.1. The van der Waals surface area contributed by atoms with Crippen LogP contribution in [0.3, 0.4) is 0 Å². The molecule has 0 aromatic heterocycles. The molecule has 8 heteroatoms. The zero-order valence-corrected chi connectivity index (χ0v) is 32.4. The van der Waals surface area contributed by atoms with Gasteiger partial charge in [0.15, 0.2) is 18.2 Å². The van der Waals surface area contributed by atoms with Crippen molar-refractivity contribution in [1.82, 2.24) is 4.90 Å². The van der Waals surface area contributed by atoms with E-state index in [-0.39, 0.29) is 51.7 Å². The van der Waals surface area contributed by atoms with Crippen LogP contribution in [0.1, 0.15) is 112 Å². The molecule has 5 aliphatic carbocycles. The summed E-state index contributed by atoms with van der Waals surface area (Å²) in [6.45, 7) is 19.9. The first-order chi connectivity index (χ1) is 24.0. The van der Waals surface area contributed by atoms with E-state index in [1.807, 2.05) is 0 Å². The minimum Gasteiger partial charge on any atom is -0.457 e. The summed E-state index contributed by atoms with van der Waals surface area (Å²) in [5.41, 5.74) is -0.113. The third kappa shape index (κ3) is 5.22. The summed E-state index contributed by atoms with van der Waals surface area (Å²) >= 11 is 0. The lowest BCUT2D eigenvalue weighted by atomic mass is 9.41. The molecule has 51 heavy (non-hydrogen) atoms. The molecule has 1 aromatic carbocycles. The lowest BCUT2D eigenvalue weighted by Gasteiger charge is -2.62. The number of esters is 1. The average Bonchev–Trinajstić information content (AvgIpc) is 3.70. The lowest BCUT2D eigenvalue weighted by molar-refractivity contribution is -0.247. The zero-order valence-electron chi connectivity index (χ0n) is 32.4. The summed E-state index contributed by atoms with van der Waals surface area (Å²) in [4.78, 5) is 29.6. The molecule has 2 heterocycles. The Morgan fingerprint density at radius 3 is 2.45 bits per heavy atom. The van der Waals surface area contributed by atoms with Gasteiger partial charge in [-0.25, -0.2) is 0 Å². The van der Waals surface area contributed by atoms with Crippen molar-refractivity contribution in [1.29, 1.82) is 0 Å². The van der Waals surface area contributed by atoms with Crippen LogP contribution in [0.5, 0.6) is 0 Å². The van der Waals surface area contributed by atoms with Crippen molar-refractivity contribution in [3.8, 4) is 0 Å². The van der Waals surface area contributed by atoms with Gasteiger partial charge in [-0.2, -0.15) is 0 Å². The quantitative estimate of drug-likeness (QED) is 0.305. The topological polar surface area (TPSA) is 94.5 Å². The standard InChI is InChI=1S/C43H63NO7/c1-26-22-29(37(39(5,6)47)49-27(2)45)50-35-34(26)40(7)18-19-43-25-42(43)17-16-32(38(3,4)30(42)14-15-31(43)41(40,8)36(35)46)51-33-24-44(20-21-48-33)23-28-12-10-9-11-13-28/h9-13,26,29-35,37,47H,14-25H2,1-8H3/t26-,29?,30+,31?,32+,33?,34+,35?,37+,40-,41-,42?,43+/m1/s1. The number of nitrogens with zero attached hydrogens (tertiary/aromatic N) is 1. The van der Waals surface area contributed by atoms with E-state index < -0.39 is 35.3 Å². The third-order valence-electron chi connectivity index (χ3n) is 16.5. The van der Waals surface area contributed by atoms with E-state index >= 15 is 4.79 Å². The molecule has 5 saturated carbocycles. The second-order valence-electron chi connectivity index (χ2n) is 19.7. The molecule has 0 amide bonds. The van der Waals surface area contributed by atoms with E-state index in [4.69, 9.17) is 18.9 Å². The molecule has 282 valence electrons. The van der Waals surface area contributed by atoms with Gasteiger partial charge in [0.1, 0.15) is 6.10 Å². The average molecular weight is 706 g/mol. The fraction of sp³-hybridized carbons (Fsp3) is 0.814. The molecule has 0 radical (unpaired) electrons. The molecular formula is C43H63NO7. The molecule has 0 bridgehead atoms. The SMILES string of the molecule is CC(=O)O[C@@H](C1C[C@@H](C)[C@H]2C(O1)C(=O)[C@@]1(C)C3CC[C@H]4C(C)(C)[C@@H](OC5CN(Cc6ccccc6)CCO5)CCC45C[C@@]35CC[C@]21C)C(C)(C)O. The maximum Gasteiger partial charge on any atom is 0.303 e. The van der Waals surface area contributed by atoms with E-state index in [9.17, 15) is 9.90 Å². The molecule has 8 nitrogen and oxygen atoms in total. The lowest BCUT2D eigenvalue weighted by Crippen LogP contribution is -2.59. The van der Waals surface area contributed by atoms with Gasteiger partial charge < -0.3 is 24.1 Å². The summed E-state index contributed by atoms with van der Waals surface area (Å²) < 4.78 is 25.7. The van der Waals surface area contributed by atoms with Crippen LogP contribution < -0.4 is 0 Å². The molecule has 1 N–H and O–H groups in total. The van der Waals surface area contributed by atoms with Crippen LogP contribution in [0.2, 0.25) is 0 Å². The monoisotopic (exact) mass is 705 g/mol. The third-order valence-corrected chi connectivity index (χ3v) is 16.5. The number of hydrogen-bond donors (Lipinski definition) is 1. The highest BCUT2D eigenvalue weighted by Gasteiger charge is 2.85. The number of carbonyl (C=O) groups is 2. The Labute approximate surface area is 305 Å². The van der Waals surface area contributed by atoms with Crippen molar-refractivity contribution in [2.75, 3.05) is 19.7 Å². The number of aliphatic hydroxyl groups is 1. The Balaban J connectivity index is 1.00. The fourth-order valence-electron chi connectivity index (χ4n) is 14.2. The zero-order chi connectivity index (χ0) is 36.4. The van der Waals surface area contributed by atoms with Crippen LogP contribution in [0, 0.1) is 50.7 Å². The van der Waals surface area contributed by atoms with Crippen LogP contribution in [-0.4, -0.2) is 77.8 Å². The van der Waals surface area contributed by atoms with Crippen molar-refractivity contribution in [3.05, 3.63) is 35.9 Å². The van der Waals surface area contributed by atoms with E-state index in [0.29, 0.717) is 24.9 Å². The van der Waals surface area contributed by atoms with Crippen molar-refractivity contribution >= 4 is 11.8 Å². The highest BCUT2D eigenvalue weighted by molar-refractivity contribution is 5.93. The second-order valence-corrected chi connectivity index (χ2v) is 19.7. The van der Waals surface area contributed by atoms with Crippen LogP contribution in [0.4, 0.5) is 0 Å². The number of ether oxygens (including phenoxy) is 4. The number of benzene rings is 1. The minimum absolute atomic E-state index is 0.0147. The Kier molecular flexibility index (Phi) is 8.56. The number of hydrogen-bond acceptors (Lipinski definition) is 8. The van der Waals surface area contributed by atoms with Crippen molar-refractivity contribution in [2.24, 2.45) is 50.7 Å². The first kappa shape index (κ1) is 36.2. The Morgan fingerprint density at radius 1 is 1.04 bits per heavy atom. The van der Waals surface area contributed by atoms with Gasteiger partial charge in [-0.3, -0.25) is 14.5 Å². The number of fused-ring (bicyclic) bond motifs is 4. The first-order valence-corrected chi connectivity index (χ1v) is 20.1. The van der Waals surface area contributed by atoms with Crippen LogP contribution in [-0.2, 0) is 35.1 Å². The predicted octanol–water partition coefficient (Wildman–Crippen LogP) is 6.95. The number of morpholine rings is 1. The predicted molar refractivity (Wildman–Crippen MR) is 193 cm³/mol. The molecule has 13 atom stereocenters. The summed E-state index contributed by atoms with van der Waals surface area (Å²) in [5.74, 6) is 1.05. The molecule has 8 rings (SSSR count). The van der Waals surface area contributed by atoms with E-state index in [1.54, 1.807) is 13.8 Å². The van der Waals surface area contributed by atoms with Crippen molar-refractivity contribution < 1.29 is 33.6 Å².